The quantitative estimate of drug-likeness (QED) is 0.197. The molecule has 0 aromatic heterocycles. The summed E-state index contributed by atoms with van der Waals surface area (Å²) >= 11 is 1.06. The second kappa shape index (κ2) is 8.61. The molecule has 16 saturated carbocycles. The molecule has 5 aliphatic heterocycles. The van der Waals surface area contributed by atoms with Crippen molar-refractivity contribution in [3.05, 3.63) is 0 Å². The van der Waals surface area contributed by atoms with E-state index < -0.39 is 0 Å². The van der Waals surface area contributed by atoms with E-state index in [1.807, 2.05) is 0 Å². The zero-order valence-corrected chi connectivity index (χ0v) is 35.4. The maximum absolute atomic E-state index is 2.55. The molecule has 49 heavy (non-hydrogen) atoms. The van der Waals surface area contributed by atoms with Gasteiger partial charge in [0.05, 0.1) is 0 Å². The Hall–Kier alpha value is 1.98. The molecule has 6 atom stereocenters. The Labute approximate surface area is 308 Å². The number of rotatable bonds is 4. The number of hydrogen-bond acceptors (Lipinski definition) is 0. The molecule has 22 bridgehead atoms. The molecule has 0 amide bonds. The maximum atomic E-state index is 2.55. The molecule has 0 spiro atoms. The van der Waals surface area contributed by atoms with Crippen LogP contribution in [0.1, 0.15) is 154 Å². The third-order valence-corrected chi connectivity index (χ3v) is 55.6. The Bertz CT molecular complexity index is 1520. The normalized spacial score (nSPS) is 74.1. The van der Waals surface area contributed by atoms with Crippen molar-refractivity contribution in [2.24, 2.45) is 92.7 Å². The molecule has 5 heterocycles. The van der Waals surface area contributed by atoms with E-state index in [4.69, 9.17) is 0 Å². The monoisotopic (exact) mass is 792 g/mol. The van der Waals surface area contributed by atoms with Crippen LogP contribution in [0.2, 0.25) is 0 Å². The molecule has 0 aromatic carbocycles. The van der Waals surface area contributed by atoms with E-state index in [1.165, 1.54) is 53.3 Å². The molecule has 6 unspecified atom stereocenters. The van der Waals surface area contributed by atoms with Gasteiger partial charge in [-0.3, -0.25) is 0 Å². The first-order valence-electron chi connectivity index (χ1n) is 22.6. The van der Waals surface area contributed by atoms with Crippen LogP contribution in [0.5, 0.6) is 0 Å². The summed E-state index contributed by atoms with van der Waals surface area (Å²) in [6.07, 6.45) is 41.6. The molecule has 0 N–H and O–H groups in total. The van der Waals surface area contributed by atoms with Gasteiger partial charge in [-0.15, -0.1) is 0 Å². The Morgan fingerprint density at radius 2 is 0.735 bits per heavy atom. The van der Waals surface area contributed by atoms with Gasteiger partial charge in [0.1, 0.15) is 0 Å². The van der Waals surface area contributed by atoms with Crippen molar-refractivity contribution in [3.63, 3.8) is 0 Å². The van der Waals surface area contributed by atoms with Crippen LogP contribution in [0.25, 0.3) is 0 Å². The molecule has 20 fully saturated rings. The fourth-order valence-corrected chi connectivity index (χ4v) is 79.2. The van der Waals surface area contributed by atoms with Crippen molar-refractivity contribution in [3.8, 4) is 0 Å². The summed E-state index contributed by atoms with van der Waals surface area (Å²) < 4.78 is 0.985. The van der Waals surface area contributed by atoms with Gasteiger partial charge in [0, 0.05) is 0 Å². The van der Waals surface area contributed by atoms with Crippen molar-refractivity contribution >= 4 is 49.6 Å². The zero-order valence-electron chi connectivity index (χ0n) is 30.1. The van der Waals surface area contributed by atoms with Crippen LogP contribution in [0.3, 0.4) is 0 Å². The van der Waals surface area contributed by atoms with Crippen LogP contribution in [-0.2, 0) is 0 Å². The Kier molecular flexibility index (Phi) is 5.14. The van der Waals surface area contributed by atoms with E-state index >= 15 is 0 Å². The molecule has 21 rings (SSSR count). The minimum absolute atomic E-state index is 0.131. The fourth-order valence-electron chi connectivity index (χ4n) is 22.7. The van der Waals surface area contributed by atoms with Crippen molar-refractivity contribution in [2.75, 3.05) is 0 Å². The van der Waals surface area contributed by atoms with Gasteiger partial charge in [0.25, 0.3) is 0 Å². The van der Waals surface area contributed by atoms with E-state index in [0.29, 0.717) is 6.61 Å². The van der Waals surface area contributed by atoms with Crippen LogP contribution in [-0.4, -0.2) is 33.1 Å². The fraction of sp³-hybridized carbons (Fsp3) is 0.977. The first kappa shape index (κ1) is 29.3. The third kappa shape index (κ3) is 2.91. The molecule has 0 radical (unpaired) electrons. The van der Waals surface area contributed by atoms with Gasteiger partial charge in [-0.2, -0.15) is 0 Å². The summed E-state index contributed by atoms with van der Waals surface area (Å²) in [6, 6.07) is 0. The van der Waals surface area contributed by atoms with Crippen LogP contribution in [0, 0.1) is 92.7 Å². The van der Waals surface area contributed by atoms with E-state index in [9.17, 15) is 0 Å². The molecule has 0 nitrogen and oxygen atoms in total. The molecule has 262 valence electrons. The van der Waals surface area contributed by atoms with Crippen molar-refractivity contribution in [1.29, 1.82) is 0 Å². The summed E-state index contributed by atoms with van der Waals surface area (Å²) in [7, 11) is 2.56. The molecule has 4 saturated heterocycles. The van der Waals surface area contributed by atoms with Gasteiger partial charge < -0.3 is 0 Å². The summed E-state index contributed by atoms with van der Waals surface area (Å²) in [5, 5.41) is 2.55. The Balaban J connectivity index is 0.972. The Morgan fingerprint density at radius 1 is 0.408 bits per heavy atom. The summed E-state index contributed by atoms with van der Waals surface area (Å²) in [6.45, 7) is 0.332. The second-order valence-electron chi connectivity index (χ2n) is 24.2. The van der Waals surface area contributed by atoms with Gasteiger partial charge in [0.15, 0.2) is 0 Å². The van der Waals surface area contributed by atoms with Crippen molar-refractivity contribution in [2.45, 2.75) is 168 Å². The first-order chi connectivity index (χ1) is 23.9. The predicted molar refractivity (Wildman–Crippen MR) is 209 cm³/mol. The molecular formula is C44H60P4Se. The molecule has 16 aliphatic carbocycles. The van der Waals surface area contributed by atoms with Crippen LogP contribution < -0.4 is 0 Å². The van der Waals surface area contributed by atoms with Gasteiger partial charge in [0.2, 0.25) is 0 Å². The number of hydrogen-bond donors (Lipinski definition) is 0. The van der Waals surface area contributed by atoms with Gasteiger partial charge in [-0.1, -0.05) is 0 Å². The third-order valence-electron chi connectivity index (χ3n) is 21.7. The molecule has 21 aliphatic rings. The average Bonchev–Trinajstić information content (AvgIpc) is 3.31. The summed E-state index contributed by atoms with van der Waals surface area (Å²) in [4.78, 5) is 1.97. The van der Waals surface area contributed by atoms with Gasteiger partial charge in [-0.25, -0.2) is 0 Å². The van der Waals surface area contributed by atoms with Crippen LogP contribution >= 0.6 is 30.0 Å². The average molecular weight is 792 g/mol. The minimum atomic E-state index is 0.131. The van der Waals surface area contributed by atoms with E-state index in [1.54, 1.807) is 154 Å². The first-order valence-corrected chi connectivity index (χ1v) is 31.3. The summed E-state index contributed by atoms with van der Waals surface area (Å²) in [5.74, 6) is 14.1. The van der Waals surface area contributed by atoms with Crippen molar-refractivity contribution < 1.29 is 0 Å². The molecule has 0 aromatic rings. The van der Waals surface area contributed by atoms with E-state index in [0.717, 1.165) is 67.5 Å². The van der Waals surface area contributed by atoms with Gasteiger partial charge >= 0.3 is 310 Å². The topological polar surface area (TPSA) is 0 Å². The van der Waals surface area contributed by atoms with E-state index in [-0.39, 0.29) is 15.5 Å². The zero-order chi connectivity index (χ0) is 31.1. The second-order valence-corrected chi connectivity index (χ2v) is 40.7. The van der Waals surface area contributed by atoms with Crippen molar-refractivity contribution in [1.82, 2.24) is 0 Å². The molecular weight excluding hydrogens is 731 g/mol. The molecule has 5 heteroatoms. The summed E-state index contributed by atoms with van der Waals surface area (Å²) in [5.41, 5.74) is 3.40. The Morgan fingerprint density at radius 3 is 1.12 bits per heavy atom. The predicted octanol–water partition coefficient (Wildman–Crippen LogP) is 13.0. The van der Waals surface area contributed by atoms with E-state index in [2.05, 4.69) is 12.9 Å². The standard InChI is InChI=1S/C44H60P4Se/c1-25-2-27-3-26(1)14-38(13-25,15-27)37-45-47-43(40-19-31-7-32(20-40)9-33(8-31)21-40)42(39-16-28-4-29(17-39)6-30(5-28)18-39)46(37)44(47,49-48(42)43)41-22-34-10-35(23-41)12-36(11-34)24-41/h25-36H,1-24H2. The van der Waals surface area contributed by atoms with Gasteiger partial charge in [-0.05, 0) is 0 Å². The SMILES string of the molecule is C1C2CC3CC1CC(C1=PP4C5(C67CC8CC(CC(C8)C6)C7)[Se]P6C4(C47CC8CC(CC(C8)C4)C7)C6(C46CC7CC(CC(C7)C4)C6)P15)(C2)C3. The van der Waals surface area contributed by atoms with Crippen LogP contribution in [0.4, 0.5) is 0 Å². The van der Waals surface area contributed by atoms with Crippen LogP contribution in [0.15, 0.2) is 0 Å².